The van der Waals surface area contributed by atoms with Gasteiger partial charge in [-0.2, -0.15) is 0 Å². The first-order valence-corrected chi connectivity index (χ1v) is 9.93. The third-order valence-corrected chi connectivity index (χ3v) is 6.56. The van der Waals surface area contributed by atoms with Crippen molar-refractivity contribution in [1.82, 2.24) is 0 Å². The minimum Gasteiger partial charge on any atom is -0.399 e. The molecule has 0 atom stereocenters. The van der Waals surface area contributed by atoms with E-state index >= 15 is 0 Å². The van der Waals surface area contributed by atoms with Gasteiger partial charge in [-0.15, -0.1) is 0 Å². The molecule has 24 heavy (non-hydrogen) atoms. The standard InChI is InChI=1S/C19H24N2O2S/c1-14-13-17(21-16-5-3-2-4-6-16)9-12-19(14)24(22,23)18-10-7-15(20)8-11-18/h7-13,16,21H,2-6,20H2,1H3. The van der Waals surface area contributed by atoms with Gasteiger partial charge in [0.1, 0.15) is 0 Å². The molecule has 3 N–H and O–H groups in total. The zero-order valence-electron chi connectivity index (χ0n) is 14.0. The van der Waals surface area contributed by atoms with Crippen molar-refractivity contribution in [3.8, 4) is 0 Å². The first kappa shape index (κ1) is 16.8. The van der Waals surface area contributed by atoms with Crippen LogP contribution in [-0.4, -0.2) is 14.5 Å². The van der Waals surface area contributed by atoms with Crippen LogP contribution in [0.25, 0.3) is 0 Å². The molecule has 0 radical (unpaired) electrons. The van der Waals surface area contributed by atoms with E-state index in [1.165, 1.54) is 32.1 Å². The van der Waals surface area contributed by atoms with Gasteiger partial charge in [0.25, 0.3) is 0 Å². The summed E-state index contributed by atoms with van der Waals surface area (Å²) in [5, 5.41) is 3.54. The third-order valence-electron chi connectivity index (χ3n) is 4.63. The summed E-state index contributed by atoms with van der Waals surface area (Å²) in [5.74, 6) is 0. The van der Waals surface area contributed by atoms with E-state index in [1.807, 2.05) is 19.1 Å². The van der Waals surface area contributed by atoms with Gasteiger partial charge in [-0.1, -0.05) is 19.3 Å². The van der Waals surface area contributed by atoms with Gasteiger partial charge in [0.05, 0.1) is 9.79 Å². The first-order valence-electron chi connectivity index (χ1n) is 8.44. The Bertz CT molecular complexity index is 808. The van der Waals surface area contributed by atoms with Crippen LogP contribution in [0.1, 0.15) is 37.7 Å². The zero-order valence-corrected chi connectivity index (χ0v) is 14.8. The highest BCUT2D eigenvalue weighted by Crippen LogP contribution is 2.28. The van der Waals surface area contributed by atoms with Crippen LogP contribution in [-0.2, 0) is 9.84 Å². The summed E-state index contributed by atoms with van der Waals surface area (Å²) in [4.78, 5) is 0.620. The van der Waals surface area contributed by atoms with Crippen molar-refractivity contribution in [2.75, 3.05) is 11.1 Å². The molecule has 0 heterocycles. The van der Waals surface area contributed by atoms with E-state index in [9.17, 15) is 8.42 Å². The molecular formula is C19H24N2O2S. The second-order valence-corrected chi connectivity index (χ2v) is 8.45. The lowest BCUT2D eigenvalue weighted by Crippen LogP contribution is -2.22. The van der Waals surface area contributed by atoms with Crippen molar-refractivity contribution < 1.29 is 8.42 Å². The van der Waals surface area contributed by atoms with Crippen molar-refractivity contribution in [1.29, 1.82) is 0 Å². The summed E-state index contributed by atoms with van der Waals surface area (Å²) in [6, 6.07) is 12.3. The molecule has 3 rings (SSSR count). The molecule has 1 aliphatic carbocycles. The highest BCUT2D eigenvalue weighted by molar-refractivity contribution is 7.91. The average molecular weight is 344 g/mol. The normalized spacial score (nSPS) is 16.0. The molecule has 0 bridgehead atoms. The Hall–Kier alpha value is -2.01. The van der Waals surface area contributed by atoms with E-state index in [0.717, 1.165) is 11.3 Å². The highest BCUT2D eigenvalue weighted by Gasteiger charge is 2.20. The number of aryl methyl sites for hydroxylation is 1. The largest absolute Gasteiger partial charge is 0.399 e. The fraction of sp³-hybridized carbons (Fsp3) is 0.368. The Morgan fingerprint density at radius 2 is 1.67 bits per heavy atom. The maximum atomic E-state index is 12.8. The van der Waals surface area contributed by atoms with Crippen molar-refractivity contribution in [2.45, 2.75) is 54.9 Å². The maximum absolute atomic E-state index is 12.8. The summed E-state index contributed by atoms with van der Waals surface area (Å²) in [6.07, 6.45) is 6.21. The van der Waals surface area contributed by atoms with E-state index in [1.54, 1.807) is 30.3 Å². The van der Waals surface area contributed by atoms with Crippen LogP contribution in [0.4, 0.5) is 11.4 Å². The molecule has 0 saturated heterocycles. The van der Waals surface area contributed by atoms with E-state index in [4.69, 9.17) is 5.73 Å². The van der Waals surface area contributed by atoms with Crippen LogP contribution in [0.3, 0.4) is 0 Å². The van der Waals surface area contributed by atoms with Gasteiger partial charge in [0.15, 0.2) is 0 Å². The molecular weight excluding hydrogens is 320 g/mol. The monoisotopic (exact) mass is 344 g/mol. The Labute approximate surface area is 144 Å². The van der Waals surface area contributed by atoms with Crippen molar-refractivity contribution in [3.05, 3.63) is 48.0 Å². The molecule has 0 unspecified atom stereocenters. The number of sulfone groups is 1. The lowest BCUT2D eigenvalue weighted by Gasteiger charge is -2.24. The number of anilines is 2. The van der Waals surface area contributed by atoms with Gasteiger partial charge in [0, 0.05) is 17.4 Å². The second kappa shape index (κ2) is 6.85. The Morgan fingerprint density at radius 1 is 1.00 bits per heavy atom. The van der Waals surface area contributed by atoms with Crippen LogP contribution in [0, 0.1) is 6.92 Å². The molecule has 1 fully saturated rings. The molecule has 0 aromatic heterocycles. The molecule has 0 amide bonds. The summed E-state index contributed by atoms with van der Waals surface area (Å²) >= 11 is 0. The Balaban J connectivity index is 1.84. The van der Waals surface area contributed by atoms with Gasteiger partial charge in [-0.05, 0) is 67.8 Å². The fourth-order valence-corrected chi connectivity index (χ4v) is 4.78. The predicted octanol–water partition coefficient (Wildman–Crippen LogP) is 4.15. The molecule has 128 valence electrons. The second-order valence-electron chi connectivity index (χ2n) is 6.53. The number of hydrogen-bond donors (Lipinski definition) is 2. The molecule has 2 aromatic rings. The zero-order chi connectivity index (χ0) is 17.2. The summed E-state index contributed by atoms with van der Waals surface area (Å²) in [6.45, 7) is 1.84. The summed E-state index contributed by atoms with van der Waals surface area (Å²) in [5.41, 5.74) is 7.95. The van der Waals surface area contributed by atoms with E-state index < -0.39 is 9.84 Å². The van der Waals surface area contributed by atoms with Gasteiger partial charge < -0.3 is 11.1 Å². The van der Waals surface area contributed by atoms with Crippen LogP contribution < -0.4 is 11.1 Å². The minimum atomic E-state index is -3.52. The SMILES string of the molecule is Cc1cc(NC2CCCCC2)ccc1S(=O)(=O)c1ccc(N)cc1. The van der Waals surface area contributed by atoms with Crippen LogP contribution in [0.2, 0.25) is 0 Å². The molecule has 0 aliphatic heterocycles. The van der Waals surface area contributed by atoms with Gasteiger partial charge in [-0.3, -0.25) is 0 Å². The van der Waals surface area contributed by atoms with E-state index in [2.05, 4.69) is 5.32 Å². The smallest absolute Gasteiger partial charge is 0.206 e. The van der Waals surface area contributed by atoms with Crippen LogP contribution in [0.15, 0.2) is 52.3 Å². The lowest BCUT2D eigenvalue weighted by molar-refractivity contribution is 0.462. The van der Waals surface area contributed by atoms with Crippen molar-refractivity contribution in [2.24, 2.45) is 0 Å². The number of rotatable bonds is 4. The molecule has 0 spiro atoms. The van der Waals surface area contributed by atoms with Gasteiger partial charge >= 0.3 is 0 Å². The summed E-state index contributed by atoms with van der Waals surface area (Å²) in [7, 11) is -3.52. The quantitative estimate of drug-likeness (QED) is 0.817. The minimum absolute atomic E-state index is 0.271. The number of nitrogen functional groups attached to an aromatic ring is 1. The number of benzene rings is 2. The molecule has 1 aliphatic rings. The number of nitrogens with two attached hydrogens (primary N) is 1. The highest BCUT2D eigenvalue weighted by atomic mass is 32.2. The first-order chi connectivity index (χ1) is 11.5. The van der Waals surface area contributed by atoms with E-state index in [0.29, 0.717) is 16.6 Å². The molecule has 5 heteroatoms. The number of nitrogens with one attached hydrogen (secondary N) is 1. The summed E-state index contributed by atoms with van der Waals surface area (Å²) < 4.78 is 25.6. The van der Waals surface area contributed by atoms with Gasteiger partial charge in [-0.25, -0.2) is 8.42 Å². The van der Waals surface area contributed by atoms with Crippen molar-refractivity contribution >= 4 is 21.2 Å². The Kier molecular flexibility index (Phi) is 4.81. The molecule has 4 nitrogen and oxygen atoms in total. The fourth-order valence-electron chi connectivity index (χ4n) is 3.30. The average Bonchev–Trinajstić information content (AvgIpc) is 2.56. The predicted molar refractivity (Wildman–Crippen MR) is 98.0 cm³/mol. The van der Waals surface area contributed by atoms with E-state index in [-0.39, 0.29) is 4.90 Å². The topological polar surface area (TPSA) is 72.2 Å². The lowest BCUT2D eigenvalue weighted by atomic mass is 9.95. The maximum Gasteiger partial charge on any atom is 0.206 e. The van der Waals surface area contributed by atoms with Gasteiger partial charge in [0.2, 0.25) is 9.84 Å². The molecule has 2 aromatic carbocycles. The van der Waals surface area contributed by atoms with Crippen LogP contribution >= 0.6 is 0 Å². The van der Waals surface area contributed by atoms with Crippen molar-refractivity contribution in [3.63, 3.8) is 0 Å². The third kappa shape index (κ3) is 3.56. The Morgan fingerprint density at radius 3 is 2.29 bits per heavy atom. The number of hydrogen-bond acceptors (Lipinski definition) is 4. The van der Waals surface area contributed by atoms with Crippen LogP contribution in [0.5, 0.6) is 0 Å². The molecule has 1 saturated carbocycles.